The van der Waals surface area contributed by atoms with Crippen LogP contribution in [0.4, 0.5) is 0 Å². The summed E-state index contributed by atoms with van der Waals surface area (Å²) >= 11 is 5.98. The summed E-state index contributed by atoms with van der Waals surface area (Å²) in [6.07, 6.45) is 2.59. The van der Waals surface area contributed by atoms with E-state index in [2.05, 4.69) is 20.9 Å². The number of aromatic amines is 1. The van der Waals surface area contributed by atoms with Gasteiger partial charge in [0.15, 0.2) is 0 Å². The average molecular weight is 489 g/mol. The van der Waals surface area contributed by atoms with Crippen molar-refractivity contribution in [2.24, 2.45) is 0 Å². The third kappa shape index (κ3) is 4.92. The van der Waals surface area contributed by atoms with E-state index in [1.807, 2.05) is 42.6 Å². The Morgan fingerprint density at radius 3 is 2.60 bits per heavy atom. The minimum Gasteiger partial charge on any atom is -0.497 e. The van der Waals surface area contributed by atoms with Crippen LogP contribution in [0.3, 0.4) is 0 Å². The summed E-state index contributed by atoms with van der Waals surface area (Å²) in [7, 11) is 3.28. The Balaban J connectivity index is 1.32. The molecule has 0 spiro atoms. The fraction of sp³-hybridized carbons (Fsp3) is 0.222. The van der Waals surface area contributed by atoms with Gasteiger partial charge >= 0.3 is 0 Å². The van der Waals surface area contributed by atoms with E-state index in [0.29, 0.717) is 30.4 Å². The van der Waals surface area contributed by atoms with Crippen LogP contribution in [0, 0.1) is 0 Å². The van der Waals surface area contributed by atoms with Crippen LogP contribution < -0.4 is 15.0 Å². The van der Waals surface area contributed by atoms with Gasteiger partial charge in [0.2, 0.25) is 0 Å². The number of hydrogen-bond donors (Lipinski definition) is 1. The predicted molar refractivity (Wildman–Crippen MR) is 136 cm³/mol. The fourth-order valence-corrected chi connectivity index (χ4v) is 4.44. The molecule has 2 aromatic heterocycles. The van der Waals surface area contributed by atoms with E-state index in [1.54, 1.807) is 26.4 Å². The Labute approximate surface area is 208 Å². The van der Waals surface area contributed by atoms with Gasteiger partial charge in [0.25, 0.3) is 5.56 Å². The van der Waals surface area contributed by atoms with E-state index in [-0.39, 0.29) is 5.56 Å². The largest absolute Gasteiger partial charge is 0.497 e. The predicted octanol–water partition coefficient (Wildman–Crippen LogP) is 4.73. The number of hydrogen-bond acceptors (Lipinski definition) is 6. The fourth-order valence-electron chi connectivity index (χ4n) is 4.31. The van der Waals surface area contributed by atoms with Crippen molar-refractivity contribution in [2.75, 3.05) is 20.8 Å². The van der Waals surface area contributed by atoms with E-state index in [9.17, 15) is 4.79 Å². The van der Waals surface area contributed by atoms with Crippen LogP contribution in [0.25, 0.3) is 22.6 Å². The van der Waals surface area contributed by atoms with Crippen LogP contribution in [0.2, 0.25) is 5.02 Å². The molecular formula is C27H25ClN4O3. The molecule has 1 N–H and O–H groups in total. The van der Waals surface area contributed by atoms with Crippen molar-refractivity contribution in [3.8, 4) is 34.1 Å². The van der Waals surface area contributed by atoms with Gasteiger partial charge in [-0.2, -0.15) is 0 Å². The monoisotopic (exact) mass is 488 g/mol. The number of H-pyrrole nitrogens is 1. The lowest BCUT2D eigenvalue weighted by Gasteiger charge is -2.27. The lowest BCUT2D eigenvalue weighted by molar-refractivity contribution is 0.241. The second-order valence-electron chi connectivity index (χ2n) is 8.43. The number of halogens is 1. The van der Waals surface area contributed by atoms with Crippen molar-refractivity contribution in [2.45, 2.75) is 19.5 Å². The first-order valence-corrected chi connectivity index (χ1v) is 11.7. The summed E-state index contributed by atoms with van der Waals surface area (Å²) in [4.78, 5) is 27.4. The molecule has 1 aliphatic heterocycles. The second kappa shape index (κ2) is 9.90. The van der Waals surface area contributed by atoms with Gasteiger partial charge in [-0.15, -0.1) is 0 Å². The van der Waals surface area contributed by atoms with Gasteiger partial charge in [-0.25, -0.2) is 4.98 Å². The van der Waals surface area contributed by atoms with E-state index < -0.39 is 0 Å². The first-order chi connectivity index (χ1) is 17.0. The summed E-state index contributed by atoms with van der Waals surface area (Å²) in [5.41, 5.74) is 5.08. The Morgan fingerprint density at radius 2 is 1.89 bits per heavy atom. The molecule has 1 aliphatic rings. The first-order valence-electron chi connectivity index (χ1n) is 11.3. The molecule has 3 heterocycles. The number of aromatic nitrogens is 3. The van der Waals surface area contributed by atoms with Crippen LogP contribution in [0.1, 0.15) is 16.8 Å². The third-order valence-electron chi connectivity index (χ3n) is 6.18. The molecule has 2 aromatic carbocycles. The number of nitrogens with zero attached hydrogens (tertiary/aromatic N) is 3. The summed E-state index contributed by atoms with van der Waals surface area (Å²) < 4.78 is 10.8. The number of benzene rings is 2. The number of rotatable bonds is 6. The van der Waals surface area contributed by atoms with E-state index in [1.165, 1.54) is 0 Å². The molecule has 0 fully saturated rings. The van der Waals surface area contributed by atoms with E-state index in [0.717, 1.165) is 51.7 Å². The van der Waals surface area contributed by atoms with Crippen molar-refractivity contribution >= 4 is 11.6 Å². The summed E-state index contributed by atoms with van der Waals surface area (Å²) in [6.45, 7) is 2.05. The molecule has 178 valence electrons. The quantitative estimate of drug-likeness (QED) is 0.422. The van der Waals surface area contributed by atoms with E-state index in [4.69, 9.17) is 26.1 Å². The summed E-state index contributed by atoms with van der Waals surface area (Å²) in [5.74, 6) is 2.06. The number of fused-ring (bicyclic) bond motifs is 1. The van der Waals surface area contributed by atoms with Crippen molar-refractivity contribution in [1.29, 1.82) is 0 Å². The molecular weight excluding hydrogens is 464 g/mol. The zero-order valence-electron chi connectivity index (χ0n) is 19.5. The standard InChI is InChI=1S/C27H25ClN4O3/c1-34-20-8-10-25(35-2)21(13-20)23-9-3-17(14-29-23)15-32-12-11-24-22(16-32)27(33)31-26(30-24)18-4-6-19(28)7-5-18/h3-10,13-14H,11-12,15-16H2,1-2H3,(H,30,31,33). The normalized spacial score (nSPS) is 13.3. The summed E-state index contributed by atoms with van der Waals surface area (Å²) in [5, 5.41) is 0.648. The lowest BCUT2D eigenvalue weighted by atomic mass is 10.1. The Bertz CT molecular complexity index is 1400. The van der Waals surface area contributed by atoms with Crippen LogP contribution in [-0.4, -0.2) is 40.6 Å². The molecule has 8 heteroatoms. The van der Waals surface area contributed by atoms with Crippen molar-refractivity contribution in [3.05, 3.63) is 93.0 Å². The molecule has 0 saturated heterocycles. The SMILES string of the molecule is COc1ccc(OC)c(-c2ccc(CN3CCc4nc(-c5ccc(Cl)cc5)[nH]c(=O)c4C3)cn2)c1. The Morgan fingerprint density at radius 1 is 1.06 bits per heavy atom. The highest BCUT2D eigenvalue weighted by atomic mass is 35.5. The van der Waals surface area contributed by atoms with Gasteiger partial charge in [-0.3, -0.25) is 14.7 Å². The van der Waals surface area contributed by atoms with Crippen LogP contribution >= 0.6 is 11.6 Å². The molecule has 35 heavy (non-hydrogen) atoms. The van der Waals surface area contributed by atoms with Crippen LogP contribution in [-0.2, 0) is 19.5 Å². The third-order valence-corrected chi connectivity index (χ3v) is 6.43. The average Bonchev–Trinajstić information content (AvgIpc) is 2.89. The van der Waals surface area contributed by atoms with Gasteiger partial charge in [0.05, 0.1) is 31.2 Å². The number of nitrogens with one attached hydrogen (secondary N) is 1. The zero-order chi connectivity index (χ0) is 24.4. The number of pyridine rings is 1. The number of methoxy groups -OCH3 is 2. The highest BCUT2D eigenvalue weighted by Gasteiger charge is 2.22. The van der Waals surface area contributed by atoms with Crippen LogP contribution in [0.15, 0.2) is 65.6 Å². The van der Waals surface area contributed by atoms with Crippen molar-refractivity contribution < 1.29 is 9.47 Å². The molecule has 0 radical (unpaired) electrons. The molecule has 0 bridgehead atoms. The molecule has 0 amide bonds. The second-order valence-corrected chi connectivity index (χ2v) is 8.86. The minimum absolute atomic E-state index is 0.0942. The minimum atomic E-state index is -0.0942. The molecule has 5 rings (SSSR count). The maximum Gasteiger partial charge on any atom is 0.255 e. The van der Waals surface area contributed by atoms with Crippen molar-refractivity contribution in [1.82, 2.24) is 19.9 Å². The van der Waals surface area contributed by atoms with Gasteiger partial charge in [-0.05, 0) is 54.1 Å². The molecule has 0 saturated carbocycles. The first kappa shape index (κ1) is 23.1. The molecule has 7 nitrogen and oxygen atoms in total. The van der Waals surface area contributed by atoms with Gasteiger partial charge in [0, 0.05) is 48.4 Å². The maximum absolute atomic E-state index is 12.9. The Hall–Kier alpha value is -3.68. The molecule has 0 aliphatic carbocycles. The van der Waals surface area contributed by atoms with Gasteiger partial charge in [-0.1, -0.05) is 17.7 Å². The summed E-state index contributed by atoms with van der Waals surface area (Å²) in [6, 6.07) is 17.0. The zero-order valence-corrected chi connectivity index (χ0v) is 20.3. The highest BCUT2D eigenvalue weighted by molar-refractivity contribution is 6.30. The van der Waals surface area contributed by atoms with Gasteiger partial charge in [0.1, 0.15) is 17.3 Å². The molecule has 4 aromatic rings. The molecule has 0 unspecified atom stereocenters. The Kier molecular flexibility index (Phi) is 6.53. The topological polar surface area (TPSA) is 80.3 Å². The highest BCUT2D eigenvalue weighted by Crippen LogP contribution is 2.32. The van der Waals surface area contributed by atoms with E-state index >= 15 is 0 Å². The smallest absolute Gasteiger partial charge is 0.255 e. The lowest BCUT2D eigenvalue weighted by Crippen LogP contribution is -2.35. The number of ether oxygens (including phenoxy) is 2. The maximum atomic E-state index is 12.9. The molecule has 0 atom stereocenters. The van der Waals surface area contributed by atoms with Gasteiger partial charge < -0.3 is 14.5 Å². The van der Waals surface area contributed by atoms with Crippen LogP contribution in [0.5, 0.6) is 11.5 Å². The van der Waals surface area contributed by atoms with Crippen molar-refractivity contribution in [3.63, 3.8) is 0 Å².